The van der Waals surface area contributed by atoms with Gasteiger partial charge in [0.05, 0.1) is 7.11 Å². The summed E-state index contributed by atoms with van der Waals surface area (Å²) in [4.78, 5) is 2.17. The van der Waals surface area contributed by atoms with Crippen molar-refractivity contribution in [2.24, 2.45) is 5.73 Å². The Morgan fingerprint density at radius 1 is 1.19 bits per heavy atom. The minimum Gasteiger partial charge on any atom is -0.497 e. The van der Waals surface area contributed by atoms with Crippen LogP contribution in [0.3, 0.4) is 0 Å². The summed E-state index contributed by atoms with van der Waals surface area (Å²) in [5, 5.41) is 0. The van der Waals surface area contributed by atoms with Crippen LogP contribution in [-0.4, -0.2) is 20.2 Å². The SMILES string of the molecule is COc1cccc(N(C)c2ccc(CC(C)N)cc2C)c1. The summed E-state index contributed by atoms with van der Waals surface area (Å²) in [6.45, 7) is 4.17. The summed E-state index contributed by atoms with van der Waals surface area (Å²) < 4.78 is 5.29. The lowest BCUT2D eigenvalue weighted by Crippen LogP contribution is -2.18. The second-order valence-corrected chi connectivity index (χ2v) is 5.56. The number of ether oxygens (including phenoxy) is 1. The molecule has 0 aliphatic rings. The van der Waals surface area contributed by atoms with E-state index in [1.54, 1.807) is 7.11 Å². The van der Waals surface area contributed by atoms with Gasteiger partial charge >= 0.3 is 0 Å². The molecule has 0 spiro atoms. The maximum atomic E-state index is 5.87. The third kappa shape index (κ3) is 3.76. The maximum Gasteiger partial charge on any atom is 0.120 e. The molecule has 2 aromatic rings. The molecule has 1 unspecified atom stereocenters. The van der Waals surface area contributed by atoms with E-state index in [9.17, 15) is 0 Å². The normalized spacial score (nSPS) is 12.0. The van der Waals surface area contributed by atoms with Crippen molar-refractivity contribution in [2.75, 3.05) is 19.1 Å². The molecule has 0 saturated carbocycles. The van der Waals surface area contributed by atoms with Gasteiger partial charge in [0.2, 0.25) is 0 Å². The molecule has 3 nitrogen and oxygen atoms in total. The standard InChI is InChI=1S/C18H24N2O/c1-13-10-15(11-14(2)19)8-9-18(13)20(3)16-6-5-7-17(12-16)21-4/h5-10,12,14H,11,19H2,1-4H3. The van der Waals surface area contributed by atoms with Gasteiger partial charge in [0.1, 0.15) is 5.75 Å². The summed E-state index contributed by atoms with van der Waals surface area (Å²) in [7, 11) is 3.76. The summed E-state index contributed by atoms with van der Waals surface area (Å²) in [6, 6.07) is 14.8. The van der Waals surface area contributed by atoms with Gasteiger partial charge in [-0.1, -0.05) is 18.2 Å². The highest BCUT2D eigenvalue weighted by Gasteiger charge is 2.09. The van der Waals surface area contributed by atoms with Crippen molar-refractivity contribution in [3.8, 4) is 5.75 Å². The Labute approximate surface area is 127 Å². The number of hydrogen-bond acceptors (Lipinski definition) is 3. The number of nitrogens with zero attached hydrogens (tertiary/aromatic N) is 1. The van der Waals surface area contributed by atoms with E-state index in [0.29, 0.717) is 0 Å². The third-order valence-electron chi connectivity index (χ3n) is 3.62. The summed E-state index contributed by atoms with van der Waals surface area (Å²) in [5.41, 5.74) is 10.7. The van der Waals surface area contributed by atoms with Crippen LogP contribution in [0.25, 0.3) is 0 Å². The lowest BCUT2D eigenvalue weighted by atomic mass is 10.0. The Balaban J connectivity index is 2.28. The largest absolute Gasteiger partial charge is 0.497 e. The fourth-order valence-electron chi connectivity index (χ4n) is 2.55. The molecular weight excluding hydrogens is 260 g/mol. The van der Waals surface area contributed by atoms with E-state index in [4.69, 9.17) is 10.5 Å². The first-order valence-electron chi connectivity index (χ1n) is 7.24. The van der Waals surface area contributed by atoms with Gasteiger partial charge in [0.15, 0.2) is 0 Å². The van der Waals surface area contributed by atoms with Crippen LogP contribution in [0.2, 0.25) is 0 Å². The van der Waals surface area contributed by atoms with Crippen LogP contribution in [0, 0.1) is 6.92 Å². The molecular formula is C18H24N2O. The van der Waals surface area contributed by atoms with Crippen LogP contribution in [-0.2, 0) is 6.42 Å². The first-order chi connectivity index (χ1) is 10.0. The number of rotatable bonds is 5. The molecule has 0 saturated heterocycles. The van der Waals surface area contributed by atoms with Crippen LogP contribution in [0.4, 0.5) is 11.4 Å². The van der Waals surface area contributed by atoms with E-state index in [1.807, 2.05) is 25.1 Å². The highest BCUT2D eigenvalue weighted by atomic mass is 16.5. The van der Waals surface area contributed by atoms with Crippen LogP contribution in [0.5, 0.6) is 5.75 Å². The lowest BCUT2D eigenvalue weighted by Gasteiger charge is -2.23. The smallest absolute Gasteiger partial charge is 0.120 e. The van der Waals surface area contributed by atoms with Gasteiger partial charge in [0.25, 0.3) is 0 Å². The molecule has 0 amide bonds. The zero-order chi connectivity index (χ0) is 15.4. The maximum absolute atomic E-state index is 5.87. The minimum atomic E-state index is 0.186. The van der Waals surface area contributed by atoms with Crippen LogP contribution < -0.4 is 15.4 Å². The number of aryl methyl sites for hydroxylation is 1. The average molecular weight is 284 g/mol. The Bertz CT molecular complexity index is 608. The van der Waals surface area contributed by atoms with Gasteiger partial charge in [-0.3, -0.25) is 0 Å². The molecule has 0 aliphatic carbocycles. The molecule has 0 aromatic heterocycles. The Morgan fingerprint density at radius 3 is 2.57 bits per heavy atom. The van der Waals surface area contributed by atoms with E-state index < -0.39 is 0 Å². The van der Waals surface area contributed by atoms with Crippen LogP contribution >= 0.6 is 0 Å². The number of anilines is 2. The quantitative estimate of drug-likeness (QED) is 0.910. The fourth-order valence-corrected chi connectivity index (χ4v) is 2.55. The minimum absolute atomic E-state index is 0.186. The van der Waals surface area contributed by atoms with E-state index in [0.717, 1.165) is 17.9 Å². The van der Waals surface area contributed by atoms with E-state index in [2.05, 4.69) is 43.1 Å². The Hall–Kier alpha value is -2.00. The van der Waals surface area contributed by atoms with Gasteiger partial charge in [-0.2, -0.15) is 0 Å². The Kier molecular flexibility index (Phi) is 4.86. The van der Waals surface area contributed by atoms with Crippen molar-refractivity contribution in [1.82, 2.24) is 0 Å². The van der Waals surface area contributed by atoms with Crippen molar-refractivity contribution in [3.05, 3.63) is 53.6 Å². The summed E-state index contributed by atoms with van der Waals surface area (Å²) >= 11 is 0. The van der Waals surface area contributed by atoms with Gasteiger partial charge in [-0.05, 0) is 49.6 Å². The lowest BCUT2D eigenvalue weighted by molar-refractivity contribution is 0.415. The molecule has 0 bridgehead atoms. The van der Waals surface area contributed by atoms with Crippen molar-refractivity contribution in [3.63, 3.8) is 0 Å². The fraction of sp³-hybridized carbons (Fsp3) is 0.333. The van der Waals surface area contributed by atoms with E-state index in [1.165, 1.54) is 16.8 Å². The first kappa shape index (κ1) is 15.4. The average Bonchev–Trinajstić information content (AvgIpc) is 2.46. The highest BCUT2D eigenvalue weighted by Crippen LogP contribution is 2.29. The molecule has 21 heavy (non-hydrogen) atoms. The second kappa shape index (κ2) is 6.64. The van der Waals surface area contributed by atoms with Crippen molar-refractivity contribution >= 4 is 11.4 Å². The van der Waals surface area contributed by atoms with Gasteiger partial charge < -0.3 is 15.4 Å². The van der Waals surface area contributed by atoms with Gasteiger partial charge in [-0.15, -0.1) is 0 Å². The molecule has 112 valence electrons. The third-order valence-corrected chi connectivity index (χ3v) is 3.62. The van der Waals surface area contributed by atoms with Crippen molar-refractivity contribution in [1.29, 1.82) is 0 Å². The number of benzene rings is 2. The molecule has 0 fully saturated rings. The molecule has 2 N–H and O–H groups in total. The number of nitrogens with two attached hydrogens (primary N) is 1. The predicted octanol–water partition coefficient (Wildman–Crippen LogP) is 3.66. The molecule has 0 heterocycles. The zero-order valence-corrected chi connectivity index (χ0v) is 13.3. The highest BCUT2D eigenvalue weighted by molar-refractivity contribution is 5.67. The van der Waals surface area contributed by atoms with Crippen molar-refractivity contribution in [2.45, 2.75) is 26.3 Å². The summed E-state index contributed by atoms with van der Waals surface area (Å²) in [5.74, 6) is 0.866. The molecule has 2 rings (SSSR count). The second-order valence-electron chi connectivity index (χ2n) is 5.56. The molecule has 0 aliphatic heterocycles. The van der Waals surface area contributed by atoms with E-state index in [-0.39, 0.29) is 6.04 Å². The van der Waals surface area contributed by atoms with Gasteiger partial charge in [0, 0.05) is 30.5 Å². The zero-order valence-electron chi connectivity index (χ0n) is 13.3. The van der Waals surface area contributed by atoms with Crippen LogP contribution in [0.1, 0.15) is 18.1 Å². The topological polar surface area (TPSA) is 38.5 Å². The molecule has 2 aromatic carbocycles. The molecule has 1 atom stereocenters. The molecule has 3 heteroatoms. The van der Waals surface area contributed by atoms with Crippen molar-refractivity contribution < 1.29 is 4.74 Å². The first-order valence-corrected chi connectivity index (χ1v) is 7.24. The predicted molar refractivity (Wildman–Crippen MR) is 89.6 cm³/mol. The number of methoxy groups -OCH3 is 1. The number of hydrogen-bond donors (Lipinski definition) is 1. The monoisotopic (exact) mass is 284 g/mol. The Morgan fingerprint density at radius 2 is 1.95 bits per heavy atom. The van der Waals surface area contributed by atoms with Gasteiger partial charge in [-0.25, -0.2) is 0 Å². The van der Waals surface area contributed by atoms with Crippen LogP contribution in [0.15, 0.2) is 42.5 Å². The molecule has 0 radical (unpaired) electrons. The summed E-state index contributed by atoms with van der Waals surface area (Å²) in [6.07, 6.45) is 0.907. The van der Waals surface area contributed by atoms with E-state index >= 15 is 0 Å².